The van der Waals surface area contributed by atoms with E-state index in [-0.39, 0.29) is 6.10 Å². The highest BCUT2D eigenvalue weighted by Gasteiger charge is 2.17. The maximum absolute atomic E-state index is 11.8. The number of aromatic nitrogens is 2. The number of rotatable bonds is 5. The van der Waals surface area contributed by atoms with Crippen LogP contribution in [0.15, 0.2) is 54.9 Å². The Morgan fingerprint density at radius 1 is 1.24 bits per heavy atom. The van der Waals surface area contributed by atoms with Crippen LogP contribution in [0.5, 0.6) is 5.75 Å². The van der Waals surface area contributed by atoms with Crippen LogP contribution in [0.1, 0.15) is 28.9 Å². The minimum absolute atomic E-state index is 0.272. The average molecular weight is 357 g/mol. The van der Waals surface area contributed by atoms with Gasteiger partial charge in [0.2, 0.25) is 0 Å². The van der Waals surface area contributed by atoms with Crippen LogP contribution in [-0.4, -0.2) is 23.0 Å². The minimum atomic E-state index is -0.418. The second-order valence-electron chi connectivity index (χ2n) is 5.42. The molecule has 6 heteroatoms. The Morgan fingerprint density at radius 2 is 2.04 bits per heavy atom. The first-order valence-corrected chi connectivity index (χ1v) is 8.11. The number of H-pyrrole nitrogens is 1. The Hall–Kier alpha value is -2.79. The molecule has 0 amide bonds. The number of ether oxygens (including phenoxy) is 2. The third kappa shape index (κ3) is 3.67. The van der Waals surface area contributed by atoms with Gasteiger partial charge in [-0.3, -0.25) is 0 Å². The zero-order chi connectivity index (χ0) is 17.8. The smallest absolute Gasteiger partial charge is 0.337 e. The normalized spacial score (nSPS) is 11.8. The van der Waals surface area contributed by atoms with Crippen LogP contribution < -0.4 is 4.74 Å². The van der Waals surface area contributed by atoms with Crippen LogP contribution >= 0.6 is 11.6 Å². The van der Waals surface area contributed by atoms with E-state index < -0.39 is 5.97 Å². The van der Waals surface area contributed by atoms with Crippen LogP contribution in [0.25, 0.3) is 11.4 Å². The number of carbonyl (C=O) groups is 1. The summed E-state index contributed by atoms with van der Waals surface area (Å²) in [5, 5.41) is 0.640. The van der Waals surface area contributed by atoms with E-state index in [1.165, 1.54) is 7.11 Å². The summed E-state index contributed by atoms with van der Waals surface area (Å²) in [6, 6.07) is 12.6. The molecule has 0 saturated carbocycles. The number of hydrogen-bond acceptors (Lipinski definition) is 4. The van der Waals surface area contributed by atoms with Gasteiger partial charge in [0, 0.05) is 23.0 Å². The average Bonchev–Trinajstić information content (AvgIpc) is 3.16. The number of hydrogen-bond donors (Lipinski definition) is 1. The minimum Gasteiger partial charge on any atom is -0.485 e. The van der Waals surface area contributed by atoms with Gasteiger partial charge in [0.15, 0.2) is 0 Å². The lowest BCUT2D eigenvalue weighted by Crippen LogP contribution is -2.07. The summed E-state index contributed by atoms with van der Waals surface area (Å²) >= 11 is 6.25. The molecule has 1 aromatic heterocycles. The topological polar surface area (TPSA) is 64.2 Å². The molecule has 1 heterocycles. The Kier molecular flexibility index (Phi) is 5.05. The molecule has 0 radical (unpaired) electrons. The molecule has 0 saturated heterocycles. The van der Waals surface area contributed by atoms with Crippen LogP contribution in [0.4, 0.5) is 0 Å². The van der Waals surface area contributed by atoms with Crippen molar-refractivity contribution in [3.63, 3.8) is 0 Å². The predicted octanol–water partition coefficient (Wildman–Crippen LogP) is 4.66. The number of aromatic amines is 1. The molecule has 3 rings (SSSR count). The zero-order valence-corrected chi connectivity index (χ0v) is 14.6. The third-order valence-corrected chi connectivity index (χ3v) is 4.15. The van der Waals surface area contributed by atoms with Crippen LogP contribution in [0, 0.1) is 0 Å². The van der Waals surface area contributed by atoms with Crippen LogP contribution in [0.3, 0.4) is 0 Å². The van der Waals surface area contributed by atoms with Gasteiger partial charge in [-0.2, -0.15) is 0 Å². The van der Waals surface area contributed by atoms with Gasteiger partial charge in [-0.25, -0.2) is 9.78 Å². The largest absolute Gasteiger partial charge is 0.485 e. The van der Waals surface area contributed by atoms with E-state index in [9.17, 15) is 4.79 Å². The fourth-order valence-electron chi connectivity index (χ4n) is 2.53. The molecule has 1 unspecified atom stereocenters. The predicted molar refractivity (Wildman–Crippen MR) is 95.9 cm³/mol. The number of esters is 1. The molecule has 128 valence electrons. The first kappa shape index (κ1) is 17.0. The van der Waals surface area contributed by atoms with E-state index in [0.29, 0.717) is 27.7 Å². The van der Waals surface area contributed by atoms with E-state index in [0.717, 1.165) is 5.56 Å². The van der Waals surface area contributed by atoms with E-state index >= 15 is 0 Å². The van der Waals surface area contributed by atoms with Crippen molar-refractivity contribution in [3.8, 4) is 17.1 Å². The molecule has 0 spiro atoms. The van der Waals surface area contributed by atoms with E-state index in [4.69, 9.17) is 21.1 Å². The summed E-state index contributed by atoms with van der Waals surface area (Å²) < 4.78 is 10.9. The van der Waals surface area contributed by atoms with Crippen molar-refractivity contribution >= 4 is 17.6 Å². The zero-order valence-electron chi connectivity index (χ0n) is 13.8. The first-order chi connectivity index (χ1) is 12.1. The van der Waals surface area contributed by atoms with Gasteiger partial charge < -0.3 is 14.5 Å². The summed E-state index contributed by atoms with van der Waals surface area (Å²) in [6.07, 6.45) is 3.08. The van der Waals surface area contributed by atoms with Crippen molar-refractivity contribution in [2.24, 2.45) is 0 Å². The van der Waals surface area contributed by atoms with Crippen molar-refractivity contribution in [1.82, 2.24) is 9.97 Å². The van der Waals surface area contributed by atoms with Gasteiger partial charge in [0.05, 0.1) is 18.2 Å². The highest BCUT2D eigenvalue weighted by molar-refractivity contribution is 6.31. The quantitative estimate of drug-likeness (QED) is 0.675. The molecule has 0 aliphatic carbocycles. The third-order valence-electron chi connectivity index (χ3n) is 3.80. The van der Waals surface area contributed by atoms with Gasteiger partial charge >= 0.3 is 5.97 Å². The standard InChI is InChI=1S/C19H17ClN2O3/c1-12(14-5-3-4-6-16(14)20)25-17-8-7-13(19(23)24-2)11-15(17)18-21-9-10-22-18/h3-12H,1-2H3,(H,21,22). The number of benzene rings is 2. The molecular weight excluding hydrogens is 340 g/mol. The molecule has 1 N–H and O–H groups in total. The fourth-order valence-corrected chi connectivity index (χ4v) is 2.82. The Balaban J connectivity index is 1.98. The number of nitrogens with one attached hydrogen (secondary N) is 1. The maximum Gasteiger partial charge on any atom is 0.337 e. The van der Waals surface area contributed by atoms with Gasteiger partial charge in [-0.05, 0) is 31.2 Å². The molecule has 5 nitrogen and oxygen atoms in total. The number of imidazole rings is 1. The second-order valence-corrected chi connectivity index (χ2v) is 5.83. The highest BCUT2D eigenvalue weighted by Crippen LogP contribution is 2.34. The molecule has 0 aliphatic heterocycles. The molecule has 0 aliphatic rings. The Bertz CT molecular complexity index is 878. The van der Waals surface area contributed by atoms with Gasteiger partial charge in [0.25, 0.3) is 0 Å². The molecule has 1 atom stereocenters. The molecule has 2 aromatic carbocycles. The lowest BCUT2D eigenvalue weighted by molar-refractivity contribution is 0.0600. The van der Waals surface area contributed by atoms with Crippen LogP contribution in [-0.2, 0) is 4.74 Å². The molecule has 3 aromatic rings. The van der Waals surface area contributed by atoms with E-state index in [1.807, 2.05) is 31.2 Å². The Morgan fingerprint density at radius 3 is 2.72 bits per heavy atom. The summed E-state index contributed by atoms with van der Waals surface area (Å²) in [7, 11) is 1.35. The molecule has 0 fully saturated rings. The number of halogens is 1. The SMILES string of the molecule is COC(=O)c1ccc(OC(C)c2ccccc2Cl)c(-c2ncc[nH]2)c1. The number of methoxy groups -OCH3 is 1. The van der Waals surface area contributed by atoms with E-state index in [2.05, 4.69) is 9.97 Å². The summed E-state index contributed by atoms with van der Waals surface area (Å²) in [5.74, 6) is 0.778. The van der Waals surface area contributed by atoms with Crippen molar-refractivity contribution < 1.29 is 14.3 Å². The van der Waals surface area contributed by atoms with Gasteiger partial charge in [-0.1, -0.05) is 29.8 Å². The number of carbonyl (C=O) groups excluding carboxylic acids is 1. The molecule has 0 bridgehead atoms. The van der Waals surface area contributed by atoms with Crippen molar-refractivity contribution in [2.75, 3.05) is 7.11 Å². The Labute approximate surface area is 150 Å². The number of nitrogens with zero attached hydrogens (tertiary/aromatic N) is 1. The van der Waals surface area contributed by atoms with Crippen molar-refractivity contribution in [2.45, 2.75) is 13.0 Å². The molecular formula is C19H17ClN2O3. The second kappa shape index (κ2) is 7.40. The lowest BCUT2D eigenvalue weighted by Gasteiger charge is -2.18. The lowest BCUT2D eigenvalue weighted by atomic mass is 10.1. The fraction of sp³-hybridized carbons (Fsp3) is 0.158. The summed E-state index contributed by atoms with van der Waals surface area (Å²) in [5.41, 5.74) is 1.98. The van der Waals surface area contributed by atoms with Crippen molar-refractivity contribution in [3.05, 3.63) is 71.0 Å². The first-order valence-electron chi connectivity index (χ1n) is 7.73. The summed E-state index contributed by atoms with van der Waals surface area (Å²) in [6.45, 7) is 1.92. The van der Waals surface area contributed by atoms with Crippen molar-refractivity contribution in [1.29, 1.82) is 0 Å². The van der Waals surface area contributed by atoms with Crippen LogP contribution in [0.2, 0.25) is 5.02 Å². The molecule has 25 heavy (non-hydrogen) atoms. The van der Waals surface area contributed by atoms with Gasteiger partial charge in [-0.15, -0.1) is 0 Å². The van der Waals surface area contributed by atoms with Gasteiger partial charge in [0.1, 0.15) is 17.7 Å². The maximum atomic E-state index is 11.8. The van der Waals surface area contributed by atoms with E-state index in [1.54, 1.807) is 30.6 Å². The highest BCUT2D eigenvalue weighted by atomic mass is 35.5. The summed E-state index contributed by atoms with van der Waals surface area (Å²) in [4.78, 5) is 19.1. The monoisotopic (exact) mass is 356 g/mol.